The third-order valence-electron chi connectivity index (χ3n) is 10.2. The van der Waals surface area contributed by atoms with Crippen LogP contribution in [0.4, 0.5) is 0 Å². The SMILES string of the molecule is Oc1c(O)c(O)c(-c2c3ccccc3c(-c3cccc4c3oc3cc5c6ccccc6c6ccccc6c5cc34)c3ccccc23)c(O)c1O. The fourth-order valence-electron chi connectivity index (χ4n) is 8.00. The van der Waals surface area contributed by atoms with Gasteiger partial charge in [0, 0.05) is 27.5 Å². The second-order valence-corrected chi connectivity index (χ2v) is 12.7. The van der Waals surface area contributed by atoms with Crippen LogP contribution in [0.2, 0.25) is 0 Å². The summed E-state index contributed by atoms with van der Waals surface area (Å²) in [5.74, 6) is -4.33. The predicted octanol–water partition coefficient (Wildman–Crippen LogP) is 11.2. The van der Waals surface area contributed by atoms with E-state index in [4.69, 9.17) is 4.42 Å². The summed E-state index contributed by atoms with van der Waals surface area (Å²) in [5, 5.41) is 65.2. The molecule has 1 aromatic heterocycles. The molecule has 0 bridgehead atoms. The van der Waals surface area contributed by atoms with E-state index in [1.54, 1.807) is 0 Å². The molecular formula is C44H26O6. The van der Waals surface area contributed by atoms with E-state index in [-0.39, 0.29) is 5.56 Å². The number of hydrogen-bond donors (Lipinski definition) is 5. The van der Waals surface area contributed by atoms with Gasteiger partial charge in [0.1, 0.15) is 11.2 Å². The minimum Gasteiger partial charge on any atom is -0.504 e. The molecule has 6 nitrogen and oxygen atoms in total. The van der Waals surface area contributed by atoms with E-state index in [1.165, 1.54) is 16.2 Å². The smallest absolute Gasteiger partial charge is 0.208 e. The zero-order valence-electron chi connectivity index (χ0n) is 26.3. The average Bonchev–Trinajstić information content (AvgIpc) is 3.53. The molecule has 6 heteroatoms. The monoisotopic (exact) mass is 650 g/mol. The van der Waals surface area contributed by atoms with Gasteiger partial charge in [-0.25, -0.2) is 0 Å². The molecule has 0 spiro atoms. The zero-order valence-corrected chi connectivity index (χ0v) is 26.3. The maximum Gasteiger partial charge on any atom is 0.208 e. The van der Waals surface area contributed by atoms with E-state index >= 15 is 0 Å². The van der Waals surface area contributed by atoms with Gasteiger partial charge in [0.2, 0.25) is 17.2 Å². The number of hydrogen-bond acceptors (Lipinski definition) is 6. The van der Waals surface area contributed by atoms with E-state index in [2.05, 4.69) is 66.7 Å². The fourth-order valence-corrected chi connectivity index (χ4v) is 8.00. The van der Waals surface area contributed by atoms with Gasteiger partial charge in [-0.1, -0.05) is 115 Å². The molecule has 10 rings (SSSR count). The summed E-state index contributed by atoms with van der Waals surface area (Å²) in [6.07, 6.45) is 0. The number of phenolic OH excluding ortho intramolecular Hbond substituents is 5. The van der Waals surface area contributed by atoms with Gasteiger partial charge in [0.25, 0.3) is 0 Å². The standard InChI is InChI=1S/C44H26O6/c45-39-38(40(46)42(48)43(49)41(39)47)37-28-16-7-5-14-26(28)36(27-15-6-8-17-29(27)37)31-19-9-18-30-34-20-32-24-12-3-1-10-22(24)23-11-2-4-13-25(23)33(32)21-35(34)50-44(30)31/h1-21,45-49H. The van der Waals surface area contributed by atoms with Crippen molar-refractivity contribution in [1.29, 1.82) is 0 Å². The molecule has 0 atom stereocenters. The van der Waals surface area contributed by atoms with E-state index in [9.17, 15) is 25.5 Å². The molecule has 50 heavy (non-hydrogen) atoms. The van der Waals surface area contributed by atoms with Gasteiger partial charge in [-0.2, -0.15) is 0 Å². The Kier molecular flexibility index (Phi) is 5.65. The van der Waals surface area contributed by atoms with E-state index in [0.717, 1.165) is 60.0 Å². The van der Waals surface area contributed by atoms with Crippen LogP contribution in [0.15, 0.2) is 132 Å². The van der Waals surface area contributed by atoms with Gasteiger partial charge in [-0.3, -0.25) is 0 Å². The first kappa shape index (κ1) is 28.1. The maximum absolute atomic E-state index is 11.1. The first-order valence-corrected chi connectivity index (χ1v) is 16.2. The van der Waals surface area contributed by atoms with Gasteiger partial charge in [0.05, 0.1) is 5.56 Å². The van der Waals surface area contributed by atoms with Crippen LogP contribution in [-0.2, 0) is 0 Å². The highest BCUT2D eigenvalue weighted by molar-refractivity contribution is 6.29. The molecule has 0 aliphatic heterocycles. The molecule has 0 radical (unpaired) electrons. The number of phenols is 5. The van der Waals surface area contributed by atoms with Crippen LogP contribution < -0.4 is 0 Å². The molecular weight excluding hydrogens is 624 g/mol. The third-order valence-corrected chi connectivity index (χ3v) is 10.2. The highest BCUT2D eigenvalue weighted by atomic mass is 16.4. The molecule has 0 aliphatic carbocycles. The summed E-state index contributed by atoms with van der Waals surface area (Å²) in [6, 6.07) is 42.7. The highest BCUT2D eigenvalue weighted by Gasteiger charge is 2.28. The Morgan fingerprint density at radius 2 is 0.700 bits per heavy atom. The Morgan fingerprint density at radius 1 is 0.300 bits per heavy atom. The summed E-state index contributed by atoms with van der Waals surface area (Å²) in [6.45, 7) is 0. The third kappa shape index (κ3) is 3.62. The Balaban J connectivity index is 1.34. The van der Waals surface area contributed by atoms with Gasteiger partial charge < -0.3 is 29.9 Å². The van der Waals surface area contributed by atoms with Gasteiger partial charge in [-0.05, 0) is 66.0 Å². The number of furan rings is 1. The van der Waals surface area contributed by atoms with Crippen LogP contribution in [0, 0.1) is 0 Å². The summed E-state index contributed by atoms with van der Waals surface area (Å²) in [5.41, 5.74) is 3.44. The molecule has 0 amide bonds. The second-order valence-electron chi connectivity index (χ2n) is 12.7. The first-order valence-electron chi connectivity index (χ1n) is 16.2. The molecule has 5 N–H and O–H groups in total. The van der Waals surface area contributed by atoms with E-state index in [1.807, 2.05) is 60.7 Å². The van der Waals surface area contributed by atoms with Gasteiger partial charge in [0.15, 0.2) is 11.5 Å². The number of fused-ring (bicyclic) bond motifs is 11. The molecule has 0 saturated carbocycles. The van der Waals surface area contributed by atoms with Crippen molar-refractivity contribution in [3.05, 3.63) is 127 Å². The lowest BCUT2D eigenvalue weighted by atomic mass is 9.85. The van der Waals surface area contributed by atoms with Crippen LogP contribution >= 0.6 is 0 Å². The Hall–Kier alpha value is -6.92. The van der Waals surface area contributed by atoms with Crippen LogP contribution in [0.1, 0.15) is 0 Å². The minimum absolute atomic E-state index is 0.190. The van der Waals surface area contributed by atoms with Crippen LogP contribution in [0.25, 0.3) is 98.1 Å². The maximum atomic E-state index is 11.1. The fraction of sp³-hybridized carbons (Fsp3) is 0. The lowest BCUT2D eigenvalue weighted by Gasteiger charge is -2.20. The molecule has 0 unspecified atom stereocenters. The largest absolute Gasteiger partial charge is 0.504 e. The first-order chi connectivity index (χ1) is 24.4. The molecule has 238 valence electrons. The lowest BCUT2D eigenvalue weighted by Crippen LogP contribution is -1.92. The number of rotatable bonds is 2. The summed E-state index contributed by atoms with van der Waals surface area (Å²) in [4.78, 5) is 0. The van der Waals surface area contributed by atoms with Crippen molar-refractivity contribution >= 4 is 75.8 Å². The molecule has 0 aliphatic rings. The van der Waals surface area contributed by atoms with Gasteiger partial charge in [-0.15, -0.1) is 0 Å². The quantitative estimate of drug-likeness (QED) is 0.0550. The molecule has 1 heterocycles. The van der Waals surface area contributed by atoms with Crippen molar-refractivity contribution in [1.82, 2.24) is 0 Å². The van der Waals surface area contributed by atoms with Crippen molar-refractivity contribution in [2.45, 2.75) is 0 Å². The summed E-state index contributed by atoms with van der Waals surface area (Å²) < 4.78 is 6.83. The summed E-state index contributed by atoms with van der Waals surface area (Å²) in [7, 11) is 0. The normalized spacial score (nSPS) is 12.0. The predicted molar refractivity (Wildman–Crippen MR) is 200 cm³/mol. The van der Waals surface area contributed by atoms with Crippen molar-refractivity contribution in [2.75, 3.05) is 0 Å². The highest BCUT2D eigenvalue weighted by Crippen LogP contribution is 2.58. The molecule has 9 aromatic carbocycles. The van der Waals surface area contributed by atoms with Crippen LogP contribution in [-0.4, -0.2) is 25.5 Å². The van der Waals surface area contributed by atoms with Gasteiger partial charge >= 0.3 is 0 Å². The minimum atomic E-state index is -1.00. The number of para-hydroxylation sites is 1. The summed E-state index contributed by atoms with van der Waals surface area (Å²) >= 11 is 0. The van der Waals surface area contributed by atoms with Crippen LogP contribution in [0.3, 0.4) is 0 Å². The van der Waals surface area contributed by atoms with Crippen LogP contribution in [0.5, 0.6) is 28.7 Å². The zero-order chi connectivity index (χ0) is 33.8. The number of aromatic hydroxyl groups is 5. The van der Waals surface area contributed by atoms with E-state index < -0.39 is 28.7 Å². The Bertz CT molecular complexity index is 3010. The van der Waals surface area contributed by atoms with Crippen molar-refractivity contribution < 1.29 is 29.9 Å². The average molecular weight is 651 g/mol. The lowest BCUT2D eigenvalue weighted by molar-refractivity contribution is 0.330. The molecule has 0 saturated heterocycles. The Morgan fingerprint density at radius 3 is 1.22 bits per heavy atom. The second kappa shape index (κ2) is 10.0. The number of benzene rings is 9. The topological polar surface area (TPSA) is 114 Å². The van der Waals surface area contributed by atoms with E-state index in [0.29, 0.717) is 16.3 Å². The van der Waals surface area contributed by atoms with Crippen molar-refractivity contribution in [2.24, 2.45) is 0 Å². The van der Waals surface area contributed by atoms with Crippen molar-refractivity contribution in [3.63, 3.8) is 0 Å². The molecule has 0 fully saturated rings. The molecule has 10 aromatic rings. The van der Waals surface area contributed by atoms with Crippen molar-refractivity contribution in [3.8, 4) is 51.0 Å². The Labute approximate surface area is 283 Å².